The normalized spacial score (nSPS) is 10.8. The first kappa shape index (κ1) is 20.5. The molecule has 0 fully saturated rings. The lowest BCUT2D eigenvalue weighted by Gasteiger charge is -2.11. The molecule has 0 radical (unpaired) electrons. The Morgan fingerprint density at radius 3 is 2.47 bits per heavy atom. The Bertz CT molecular complexity index is 1270. The fourth-order valence-corrected chi connectivity index (χ4v) is 3.59. The molecular weight excluding hydrogens is 486 g/mol. The molecule has 150 valence electrons. The maximum atomic E-state index is 12.4. The predicted octanol–water partition coefficient (Wildman–Crippen LogP) is 5.27. The fraction of sp³-hybridized carbons (Fsp3) is 0.0476. The van der Waals surface area contributed by atoms with E-state index in [0.29, 0.717) is 27.3 Å². The van der Waals surface area contributed by atoms with Crippen LogP contribution in [-0.2, 0) is 0 Å². The van der Waals surface area contributed by atoms with E-state index in [4.69, 9.17) is 23.8 Å². The first-order valence-electron chi connectivity index (χ1n) is 8.90. The smallest absolute Gasteiger partial charge is 0.257 e. The number of aryl methyl sites for hydroxylation is 1. The molecule has 2 N–H and O–H groups in total. The molecule has 0 saturated carbocycles. The summed E-state index contributed by atoms with van der Waals surface area (Å²) in [7, 11) is 0. The van der Waals surface area contributed by atoms with Gasteiger partial charge in [-0.1, -0.05) is 51.3 Å². The standard InChI is InChI=1S/C21H15BrClN5OS/c1-12-5-7-15(8-6-12)28-26-18-10-16(23)17(11-19(18)27-28)24-21(30)25-20(29)13-3-2-4-14(22)9-13/h2-11H,1H3,(H2,24,25,29,30). The molecule has 0 aliphatic carbocycles. The zero-order chi connectivity index (χ0) is 21.3. The van der Waals surface area contributed by atoms with E-state index in [-0.39, 0.29) is 11.0 Å². The Balaban J connectivity index is 1.53. The van der Waals surface area contributed by atoms with Gasteiger partial charge in [-0.2, -0.15) is 4.80 Å². The lowest BCUT2D eigenvalue weighted by molar-refractivity contribution is 0.0977. The van der Waals surface area contributed by atoms with Crippen molar-refractivity contribution in [2.75, 3.05) is 5.32 Å². The summed E-state index contributed by atoms with van der Waals surface area (Å²) in [6.07, 6.45) is 0. The predicted molar refractivity (Wildman–Crippen MR) is 126 cm³/mol. The minimum absolute atomic E-state index is 0.132. The summed E-state index contributed by atoms with van der Waals surface area (Å²) in [5.74, 6) is -0.323. The van der Waals surface area contributed by atoms with E-state index in [1.54, 1.807) is 35.1 Å². The van der Waals surface area contributed by atoms with Crippen LogP contribution in [0.25, 0.3) is 16.7 Å². The topological polar surface area (TPSA) is 71.8 Å². The van der Waals surface area contributed by atoms with E-state index in [1.807, 2.05) is 37.3 Å². The quantitative estimate of drug-likeness (QED) is 0.375. The van der Waals surface area contributed by atoms with Crippen LogP contribution in [0.4, 0.5) is 5.69 Å². The number of hydrogen-bond donors (Lipinski definition) is 2. The Labute approximate surface area is 191 Å². The third-order valence-electron chi connectivity index (χ3n) is 4.30. The maximum absolute atomic E-state index is 12.4. The number of carbonyl (C=O) groups excluding carboxylic acids is 1. The molecule has 6 nitrogen and oxygen atoms in total. The van der Waals surface area contributed by atoms with E-state index in [9.17, 15) is 4.79 Å². The van der Waals surface area contributed by atoms with Gasteiger partial charge in [0.05, 0.1) is 16.4 Å². The van der Waals surface area contributed by atoms with Gasteiger partial charge >= 0.3 is 0 Å². The number of nitrogens with one attached hydrogen (secondary N) is 2. The number of rotatable bonds is 3. The number of aromatic nitrogens is 3. The first-order valence-corrected chi connectivity index (χ1v) is 10.5. The van der Waals surface area contributed by atoms with Crippen LogP contribution in [0.1, 0.15) is 15.9 Å². The molecule has 0 saturated heterocycles. The average molecular weight is 501 g/mol. The molecule has 0 aliphatic heterocycles. The fourth-order valence-electron chi connectivity index (χ4n) is 2.79. The molecule has 4 aromatic rings. The van der Waals surface area contributed by atoms with Gasteiger partial charge < -0.3 is 5.32 Å². The van der Waals surface area contributed by atoms with E-state index >= 15 is 0 Å². The van der Waals surface area contributed by atoms with Gasteiger partial charge in [0, 0.05) is 10.0 Å². The number of hydrogen-bond acceptors (Lipinski definition) is 4. The number of benzene rings is 3. The van der Waals surface area contributed by atoms with Gasteiger partial charge in [0.2, 0.25) is 0 Å². The van der Waals surface area contributed by atoms with E-state index < -0.39 is 0 Å². The van der Waals surface area contributed by atoms with Gasteiger partial charge in [0.25, 0.3) is 5.91 Å². The van der Waals surface area contributed by atoms with Crippen LogP contribution >= 0.6 is 39.7 Å². The van der Waals surface area contributed by atoms with Crippen LogP contribution in [0.5, 0.6) is 0 Å². The van der Waals surface area contributed by atoms with Gasteiger partial charge in [-0.15, -0.1) is 10.2 Å². The number of thiocarbonyl (C=S) groups is 1. The maximum Gasteiger partial charge on any atom is 0.257 e. The average Bonchev–Trinajstić information content (AvgIpc) is 3.11. The third kappa shape index (κ3) is 4.51. The van der Waals surface area contributed by atoms with Crippen LogP contribution in [0.15, 0.2) is 65.1 Å². The second kappa shape index (κ2) is 8.51. The van der Waals surface area contributed by atoms with E-state index in [1.165, 1.54) is 0 Å². The van der Waals surface area contributed by atoms with Crippen molar-refractivity contribution in [3.63, 3.8) is 0 Å². The van der Waals surface area contributed by atoms with Crippen LogP contribution < -0.4 is 10.6 Å². The minimum atomic E-state index is -0.323. The molecule has 4 rings (SSSR count). The molecule has 0 spiro atoms. The zero-order valence-electron chi connectivity index (χ0n) is 15.7. The number of amides is 1. The molecular formula is C21H15BrClN5OS. The molecule has 0 unspecified atom stereocenters. The summed E-state index contributed by atoms with van der Waals surface area (Å²) in [6.45, 7) is 2.02. The number of halogens is 2. The van der Waals surface area contributed by atoms with E-state index in [2.05, 4.69) is 36.8 Å². The van der Waals surface area contributed by atoms with Gasteiger partial charge in [0.15, 0.2) is 5.11 Å². The van der Waals surface area contributed by atoms with Crippen molar-refractivity contribution >= 4 is 67.5 Å². The lowest BCUT2D eigenvalue weighted by atomic mass is 10.2. The van der Waals surface area contributed by atoms with Crippen LogP contribution in [0.3, 0.4) is 0 Å². The Morgan fingerprint density at radius 2 is 1.77 bits per heavy atom. The molecule has 0 bridgehead atoms. The monoisotopic (exact) mass is 499 g/mol. The second-order valence-corrected chi connectivity index (χ2v) is 8.30. The Kier molecular flexibility index (Phi) is 5.80. The van der Waals surface area contributed by atoms with Gasteiger partial charge in [-0.25, -0.2) is 0 Å². The molecule has 1 amide bonds. The van der Waals surface area contributed by atoms with Crippen molar-refractivity contribution in [3.8, 4) is 5.69 Å². The number of anilines is 1. The Hall–Kier alpha value is -2.81. The van der Waals surface area contributed by atoms with Gasteiger partial charge in [0.1, 0.15) is 11.0 Å². The summed E-state index contributed by atoms with van der Waals surface area (Å²) >= 11 is 15.0. The zero-order valence-corrected chi connectivity index (χ0v) is 18.8. The van der Waals surface area contributed by atoms with Crippen molar-refractivity contribution < 1.29 is 4.79 Å². The van der Waals surface area contributed by atoms with Crippen molar-refractivity contribution in [3.05, 3.63) is 81.3 Å². The SMILES string of the molecule is Cc1ccc(-n2nc3cc(Cl)c(NC(=S)NC(=O)c4cccc(Br)c4)cc3n2)cc1. The minimum Gasteiger partial charge on any atom is -0.331 e. The number of carbonyl (C=O) groups is 1. The molecule has 0 atom stereocenters. The summed E-state index contributed by atoms with van der Waals surface area (Å²) in [5.41, 5.74) is 4.30. The molecule has 3 aromatic carbocycles. The van der Waals surface area contributed by atoms with Crippen LogP contribution in [0, 0.1) is 6.92 Å². The highest BCUT2D eigenvalue weighted by molar-refractivity contribution is 9.10. The highest BCUT2D eigenvalue weighted by Crippen LogP contribution is 2.27. The van der Waals surface area contributed by atoms with Crippen LogP contribution in [-0.4, -0.2) is 26.0 Å². The lowest BCUT2D eigenvalue weighted by Crippen LogP contribution is -2.34. The molecule has 9 heteroatoms. The largest absolute Gasteiger partial charge is 0.331 e. The number of nitrogens with zero attached hydrogens (tertiary/aromatic N) is 3. The Morgan fingerprint density at radius 1 is 1.07 bits per heavy atom. The van der Waals surface area contributed by atoms with Gasteiger partial charge in [-0.05, 0) is 61.6 Å². The van der Waals surface area contributed by atoms with Gasteiger partial charge in [-0.3, -0.25) is 10.1 Å². The summed E-state index contributed by atoms with van der Waals surface area (Å²) < 4.78 is 0.805. The highest BCUT2D eigenvalue weighted by Gasteiger charge is 2.13. The number of fused-ring (bicyclic) bond motifs is 1. The van der Waals surface area contributed by atoms with Crippen molar-refractivity contribution in [2.24, 2.45) is 0 Å². The van der Waals surface area contributed by atoms with E-state index in [0.717, 1.165) is 15.7 Å². The molecule has 1 aromatic heterocycles. The summed E-state index contributed by atoms with van der Waals surface area (Å²) in [4.78, 5) is 13.9. The van der Waals surface area contributed by atoms with Crippen molar-refractivity contribution in [1.82, 2.24) is 20.3 Å². The molecule has 0 aliphatic rings. The second-order valence-electron chi connectivity index (χ2n) is 6.56. The summed E-state index contributed by atoms with van der Waals surface area (Å²) in [5, 5.41) is 15.1. The summed E-state index contributed by atoms with van der Waals surface area (Å²) in [6, 6.07) is 18.4. The molecule has 1 heterocycles. The van der Waals surface area contributed by atoms with Crippen LogP contribution in [0.2, 0.25) is 5.02 Å². The van der Waals surface area contributed by atoms with Crippen molar-refractivity contribution in [1.29, 1.82) is 0 Å². The highest BCUT2D eigenvalue weighted by atomic mass is 79.9. The first-order chi connectivity index (χ1) is 14.4. The van der Waals surface area contributed by atoms with Crippen molar-refractivity contribution in [2.45, 2.75) is 6.92 Å². The molecule has 30 heavy (non-hydrogen) atoms. The third-order valence-corrected chi connectivity index (χ3v) is 5.31.